The van der Waals surface area contributed by atoms with E-state index in [0.717, 1.165) is 6.42 Å². The van der Waals surface area contributed by atoms with Crippen LogP contribution >= 0.6 is 0 Å². The number of ether oxygens (including phenoxy) is 2. The van der Waals surface area contributed by atoms with E-state index in [1.807, 2.05) is 0 Å². The highest BCUT2D eigenvalue weighted by molar-refractivity contribution is 5.65. The van der Waals surface area contributed by atoms with Crippen LogP contribution in [0.15, 0.2) is 0 Å². The van der Waals surface area contributed by atoms with Gasteiger partial charge in [-0.05, 0) is 6.42 Å². The van der Waals surface area contributed by atoms with E-state index in [2.05, 4.69) is 6.92 Å². The molecule has 0 N–H and O–H groups in total. The molecule has 0 amide bonds. The molecule has 1 fully saturated rings. The van der Waals surface area contributed by atoms with Crippen molar-refractivity contribution in [2.24, 2.45) is 0 Å². The van der Waals surface area contributed by atoms with E-state index in [9.17, 15) is 4.79 Å². The predicted molar refractivity (Wildman–Crippen MR) is 54.1 cm³/mol. The van der Waals surface area contributed by atoms with E-state index in [1.165, 1.54) is 32.6 Å². The van der Waals surface area contributed by atoms with Gasteiger partial charge in [0.1, 0.15) is 12.7 Å². The van der Waals surface area contributed by atoms with E-state index in [0.29, 0.717) is 12.7 Å². The van der Waals surface area contributed by atoms with Gasteiger partial charge >= 0.3 is 5.97 Å². The fourth-order valence-electron chi connectivity index (χ4n) is 1.55. The Kier molecular flexibility index (Phi) is 4.94. The molecule has 0 spiro atoms. The Morgan fingerprint density at radius 1 is 1.29 bits per heavy atom. The van der Waals surface area contributed by atoms with Crippen LogP contribution in [0.3, 0.4) is 0 Å². The zero-order valence-electron chi connectivity index (χ0n) is 9.12. The number of epoxide rings is 1. The largest absolute Gasteiger partial charge is 0.463 e. The molecule has 1 aliphatic rings. The number of esters is 1. The average molecular weight is 200 g/mol. The van der Waals surface area contributed by atoms with Gasteiger partial charge in [-0.1, -0.05) is 32.6 Å². The van der Waals surface area contributed by atoms with Crippen LogP contribution < -0.4 is 0 Å². The van der Waals surface area contributed by atoms with Gasteiger partial charge in [0.15, 0.2) is 0 Å². The van der Waals surface area contributed by atoms with Crippen LogP contribution in [0.2, 0.25) is 0 Å². The van der Waals surface area contributed by atoms with Crippen molar-refractivity contribution in [3.63, 3.8) is 0 Å². The molecule has 3 heteroatoms. The lowest BCUT2D eigenvalue weighted by molar-refractivity contribution is -0.141. The summed E-state index contributed by atoms with van der Waals surface area (Å²) in [4.78, 5) is 10.5. The highest BCUT2D eigenvalue weighted by Crippen LogP contribution is 2.27. The van der Waals surface area contributed by atoms with Crippen molar-refractivity contribution in [3.05, 3.63) is 0 Å². The van der Waals surface area contributed by atoms with Crippen molar-refractivity contribution in [1.29, 1.82) is 0 Å². The maximum atomic E-state index is 10.5. The fraction of sp³-hybridized carbons (Fsp3) is 0.909. The molecule has 1 saturated heterocycles. The normalized spacial score (nSPS) is 24.7. The second-order valence-electron chi connectivity index (χ2n) is 3.86. The molecule has 1 aliphatic heterocycles. The lowest BCUT2D eigenvalue weighted by atomic mass is 10.1. The van der Waals surface area contributed by atoms with Crippen molar-refractivity contribution in [2.75, 3.05) is 6.61 Å². The van der Waals surface area contributed by atoms with Gasteiger partial charge in [-0.25, -0.2) is 0 Å². The first-order valence-corrected chi connectivity index (χ1v) is 5.53. The number of unbranched alkanes of at least 4 members (excludes halogenated alkanes) is 3. The van der Waals surface area contributed by atoms with Crippen molar-refractivity contribution < 1.29 is 14.3 Å². The van der Waals surface area contributed by atoms with Crippen molar-refractivity contribution >= 4 is 5.97 Å². The third-order valence-electron chi connectivity index (χ3n) is 2.48. The lowest BCUT2D eigenvalue weighted by Crippen LogP contribution is -2.08. The Hall–Kier alpha value is -0.570. The van der Waals surface area contributed by atoms with E-state index < -0.39 is 0 Å². The van der Waals surface area contributed by atoms with Crippen LogP contribution in [0.5, 0.6) is 0 Å². The number of rotatable bonds is 7. The zero-order valence-corrected chi connectivity index (χ0v) is 9.12. The second kappa shape index (κ2) is 6.02. The van der Waals surface area contributed by atoms with E-state index in [4.69, 9.17) is 9.47 Å². The molecule has 1 rings (SSSR count). The maximum absolute atomic E-state index is 10.5. The molecule has 82 valence electrons. The summed E-state index contributed by atoms with van der Waals surface area (Å²) in [6.07, 6.45) is 6.74. The van der Waals surface area contributed by atoms with Crippen LogP contribution in [0.1, 0.15) is 46.0 Å². The van der Waals surface area contributed by atoms with Gasteiger partial charge in [0.25, 0.3) is 0 Å². The van der Waals surface area contributed by atoms with Crippen LogP contribution in [0.4, 0.5) is 0 Å². The molecule has 14 heavy (non-hydrogen) atoms. The SMILES string of the molecule is CCCCCCC1OC1COC(C)=O. The Labute approximate surface area is 85.8 Å². The minimum absolute atomic E-state index is 0.181. The second-order valence-corrected chi connectivity index (χ2v) is 3.86. The van der Waals surface area contributed by atoms with Gasteiger partial charge in [0.05, 0.1) is 6.10 Å². The van der Waals surface area contributed by atoms with Crippen LogP contribution in [0, 0.1) is 0 Å². The molecule has 0 aromatic carbocycles. The van der Waals surface area contributed by atoms with Crippen LogP contribution in [-0.2, 0) is 14.3 Å². The Morgan fingerprint density at radius 3 is 2.71 bits per heavy atom. The van der Waals surface area contributed by atoms with Crippen molar-refractivity contribution in [2.45, 2.75) is 58.2 Å². The van der Waals surface area contributed by atoms with E-state index in [-0.39, 0.29) is 12.1 Å². The molecule has 3 nitrogen and oxygen atoms in total. The summed E-state index contributed by atoms with van der Waals surface area (Å²) in [5, 5.41) is 0. The van der Waals surface area contributed by atoms with Crippen molar-refractivity contribution in [1.82, 2.24) is 0 Å². The molecule has 0 bridgehead atoms. The van der Waals surface area contributed by atoms with Crippen molar-refractivity contribution in [3.8, 4) is 0 Å². The smallest absolute Gasteiger partial charge is 0.302 e. The van der Waals surface area contributed by atoms with Gasteiger partial charge in [0.2, 0.25) is 0 Å². The lowest BCUT2D eigenvalue weighted by Gasteiger charge is -1.97. The summed E-state index contributed by atoms with van der Waals surface area (Å²) < 4.78 is 10.2. The first kappa shape index (κ1) is 11.5. The average Bonchev–Trinajstić information content (AvgIpc) is 2.88. The third kappa shape index (κ3) is 4.61. The summed E-state index contributed by atoms with van der Waals surface area (Å²) in [7, 11) is 0. The molecule has 0 aromatic rings. The first-order valence-electron chi connectivity index (χ1n) is 5.53. The number of hydrogen-bond acceptors (Lipinski definition) is 3. The topological polar surface area (TPSA) is 38.8 Å². The molecule has 2 atom stereocenters. The van der Waals surface area contributed by atoms with E-state index in [1.54, 1.807) is 0 Å². The molecule has 0 aromatic heterocycles. The third-order valence-corrected chi connectivity index (χ3v) is 2.48. The minimum Gasteiger partial charge on any atom is -0.463 e. The maximum Gasteiger partial charge on any atom is 0.302 e. The van der Waals surface area contributed by atoms with Gasteiger partial charge < -0.3 is 9.47 Å². The van der Waals surface area contributed by atoms with Gasteiger partial charge in [-0.15, -0.1) is 0 Å². The van der Waals surface area contributed by atoms with Crippen LogP contribution in [0.25, 0.3) is 0 Å². The molecule has 0 saturated carbocycles. The molecule has 0 radical (unpaired) electrons. The number of hydrogen-bond donors (Lipinski definition) is 0. The molecular weight excluding hydrogens is 180 g/mol. The molecule has 2 unspecified atom stereocenters. The number of carbonyl (C=O) groups excluding carboxylic acids is 1. The number of carbonyl (C=O) groups is 1. The Morgan fingerprint density at radius 2 is 2.07 bits per heavy atom. The monoisotopic (exact) mass is 200 g/mol. The standard InChI is InChI=1S/C11H20O3/c1-3-4-5-6-7-10-11(14-10)8-13-9(2)12/h10-11H,3-8H2,1-2H3. The quantitative estimate of drug-likeness (QED) is 0.359. The summed E-state index contributed by atoms with van der Waals surface area (Å²) in [6.45, 7) is 4.07. The highest BCUT2D eigenvalue weighted by atomic mass is 16.6. The first-order chi connectivity index (χ1) is 6.74. The zero-order chi connectivity index (χ0) is 10.4. The Balaban J connectivity index is 1.90. The van der Waals surface area contributed by atoms with Gasteiger partial charge in [-0.2, -0.15) is 0 Å². The molecule has 1 heterocycles. The van der Waals surface area contributed by atoms with E-state index >= 15 is 0 Å². The highest BCUT2D eigenvalue weighted by Gasteiger charge is 2.38. The fourth-order valence-corrected chi connectivity index (χ4v) is 1.55. The summed E-state index contributed by atoms with van der Waals surface area (Å²) in [5.41, 5.74) is 0. The summed E-state index contributed by atoms with van der Waals surface area (Å²) in [6, 6.07) is 0. The summed E-state index contributed by atoms with van der Waals surface area (Å²) >= 11 is 0. The summed E-state index contributed by atoms with van der Waals surface area (Å²) in [5.74, 6) is -0.217. The predicted octanol–water partition coefficient (Wildman–Crippen LogP) is 2.29. The minimum atomic E-state index is -0.217. The molecular formula is C11H20O3. The molecule has 0 aliphatic carbocycles. The van der Waals surface area contributed by atoms with Gasteiger partial charge in [-0.3, -0.25) is 4.79 Å². The van der Waals surface area contributed by atoms with Crippen LogP contribution in [-0.4, -0.2) is 24.8 Å². The Bertz CT molecular complexity index is 179. The van der Waals surface area contributed by atoms with Gasteiger partial charge in [0, 0.05) is 6.92 Å².